The summed E-state index contributed by atoms with van der Waals surface area (Å²) in [6.07, 6.45) is 5.13. The van der Waals surface area contributed by atoms with Crippen LogP contribution in [0.5, 0.6) is 0 Å². The zero-order valence-electron chi connectivity index (χ0n) is 8.40. The maximum atomic E-state index is 5.78. The summed E-state index contributed by atoms with van der Waals surface area (Å²) < 4.78 is 0. The molecule has 1 nitrogen and oxygen atoms in total. The molecule has 2 N–H and O–H groups in total. The molecule has 0 saturated heterocycles. The lowest BCUT2D eigenvalue weighted by molar-refractivity contribution is 0.721. The summed E-state index contributed by atoms with van der Waals surface area (Å²) in [5, 5.41) is 0. The highest BCUT2D eigenvalue weighted by atomic mass is 14.6. The molecule has 1 aromatic rings. The summed E-state index contributed by atoms with van der Waals surface area (Å²) in [5.74, 6) is 0.530. The van der Waals surface area contributed by atoms with Crippen molar-refractivity contribution < 1.29 is 0 Å². The van der Waals surface area contributed by atoms with Crippen LogP contribution in [0, 0.1) is 5.92 Å². The van der Waals surface area contributed by atoms with E-state index in [4.69, 9.17) is 5.73 Å². The number of rotatable bonds is 1. The number of allylic oxidation sites excluding steroid dienone is 4. The monoisotopic (exact) mass is 185 g/mol. The number of benzene rings is 1. The molecule has 0 amide bonds. The SMILES string of the molecule is CC1CC(N)=CC=C1c1ccccc1. The van der Waals surface area contributed by atoms with Gasteiger partial charge in [-0.3, -0.25) is 0 Å². The summed E-state index contributed by atoms with van der Waals surface area (Å²) in [4.78, 5) is 0. The normalized spacial score (nSPS) is 21.4. The Balaban J connectivity index is 2.35. The van der Waals surface area contributed by atoms with Crippen LogP contribution >= 0.6 is 0 Å². The van der Waals surface area contributed by atoms with Gasteiger partial charge < -0.3 is 5.73 Å². The topological polar surface area (TPSA) is 26.0 Å². The molecule has 1 unspecified atom stereocenters. The van der Waals surface area contributed by atoms with Crippen LogP contribution in [0.2, 0.25) is 0 Å². The van der Waals surface area contributed by atoms with Crippen molar-refractivity contribution in [2.75, 3.05) is 0 Å². The van der Waals surface area contributed by atoms with E-state index < -0.39 is 0 Å². The van der Waals surface area contributed by atoms with Gasteiger partial charge in [-0.05, 0) is 29.6 Å². The average molecular weight is 185 g/mol. The van der Waals surface area contributed by atoms with Gasteiger partial charge in [0.1, 0.15) is 0 Å². The lowest BCUT2D eigenvalue weighted by Crippen LogP contribution is -2.09. The average Bonchev–Trinajstić information content (AvgIpc) is 2.19. The van der Waals surface area contributed by atoms with E-state index in [1.54, 1.807) is 0 Å². The second-order valence-corrected chi connectivity index (χ2v) is 3.83. The highest BCUT2D eigenvalue weighted by Crippen LogP contribution is 2.30. The predicted molar refractivity (Wildman–Crippen MR) is 60.5 cm³/mol. The van der Waals surface area contributed by atoms with E-state index >= 15 is 0 Å². The summed E-state index contributed by atoms with van der Waals surface area (Å²) in [6, 6.07) is 10.5. The van der Waals surface area contributed by atoms with Gasteiger partial charge in [-0.15, -0.1) is 0 Å². The van der Waals surface area contributed by atoms with Crippen molar-refractivity contribution >= 4 is 5.57 Å². The first kappa shape index (κ1) is 9.07. The van der Waals surface area contributed by atoms with Crippen LogP contribution in [0.3, 0.4) is 0 Å². The first-order valence-electron chi connectivity index (χ1n) is 4.99. The van der Waals surface area contributed by atoms with Crippen molar-refractivity contribution in [2.24, 2.45) is 11.7 Å². The van der Waals surface area contributed by atoms with Crippen LogP contribution in [0.15, 0.2) is 48.2 Å². The van der Waals surface area contributed by atoms with Gasteiger partial charge in [0.05, 0.1) is 0 Å². The first-order chi connectivity index (χ1) is 6.77. The van der Waals surface area contributed by atoms with Crippen molar-refractivity contribution in [2.45, 2.75) is 13.3 Å². The van der Waals surface area contributed by atoms with Crippen LogP contribution in [0.4, 0.5) is 0 Å². The molecule has 0 bridgehead atoms. The van der Waals surface area contributed by atoms with Crippen LogP contribution in [0.1, 0.15) is 18.9 Å². The molecule has 2 rings (SSSR count). The summed E-state index contributed by atoms with van der Waals surface area (Å²) >= 11 is 0. The third-order valence-electron chi connectivity index (χ3n) is 2.66. The second kappa shape index (κ2) is 3.70. The molecule has 0 saturated carbocycles. The van der Waals surface area contributed by atoms with Crippen molar-refractivity contribution in [3.05, 3.63) is 53.7 Å². The summed E-state index contributed by atoms with van der Waals surface area (Å²) in [6.45, 7) is 2.22. The Morgan fingerprint density at radius 1 is 1.14 bits per heavy atom. The molecule has 0 aliphatic heterocycles. The van der Waals surface area contributed by atoms with Gasteiger partial charge in [0.15, 0.2) is 0 Å². The third kappa shape index (κ3) is 1.72. The Morgan fingerprint density at radius 3 is 2.50 bits per heavy atom. The molecule has 14 heavy (non-hydrogen) atoms. The predicted octanol–water partition coefficient (Wildman–Crippen LogP) is 2.95. The fourth-order valence-electron chi connectivity index (χ4n) is 1.90. The Bertz CT molecular complexity index is 373. The fraction of sp³-hybridized carbons (Fsp3) is 0.231. The molecule has 1 aromatic carbocycles. The zero-order chi connectivity index (χ0) is 9.97. The summed E-state index contributed by atoms with van der Waals surface area (Å²) in [7, 11) is 0. The molecule has 1 aliphatic rings. The Hall–Kier alpha value is -1.50. The van der Waals surface area contributed by atoms with Crippen molar-refractivity contribution in [1.82, 2.24) is 0 Å². The molecule has 0 fully saturated rings. The van der Waals surface area contributed by atoms with Crippen LogP contribution in [0.25, 0.3) is 5.57 Å². The van der Waals surface area contributed by atoms with E-state index in [-0.39, 0.29) is 0 Å². The van der Waals surface area contributed by atoms with Crippen LogP contribution < -0.4 is 5.73 Å². The molecule has 0 spiro atoms. The van der Waals surface area contributed by atoms with E-state index in [9.17, 15) is 0 Å². The molecular weight excluding hydrogens is 170 g/mol. The smallest absolute Gasteiger partial charge is 0.00865 e. The van der Waals surface area contributed by atoms with E-state index in [0.717, 1.165) is 12.1 Å². The van der Waals surface area contributed by atoms with Gasteiger partial charge >= 0.3 is 0 Å². The maximum absolute atomic E-state index is 5.78. The van der Waals surface area contributed by atoms with E-state index in [1.807, 2.05) is 12.1 Å². The van der Waals surface area contributed by atoms with Gasteiger partial charge in [0, 0.05) is 5.70 Å². The number of hydrogen-bond acceptors (Lipinski definition) is 1. The van der Waals surface area contributed by atoms with Crippen molar-refractivity contribution in [3.8, 4) is 0 Å². The lowest BCUT2D eigenvalue weighted by Gasteiger charge is -2.19. The molecule has 1 atom stereocenters. The van der Waals surface area contributed by atoms with Gasteiger partial charge in [-0.1, -0.05) is 43.3 Å². The third-order valence-corrected chi connectivity index (χ3v) is 2.66. The highest BCUT2D eigenvalue weighted by molar-refractivity contribution is 5.70. The number of nitrogens with two attached hydrogens (primary N) is 1. The van der Waals surface area contributed by atoms with Gasteiger partial charge in [-0.2, -0.15) is 0 Å². The lowest BCUT2D eigenvalue weighted by atomic mass is 9.87. The minimum absolute atomic E-state index is 0.530. The van der Waals surface area contributed by atoms with Crippen LogP contribution in [-0.2, 0) is 0 Å². The maximum Gasteiger partial charge on any atom is 0.00865 e. The highest BCUT2D eigenvalue weighted by Gasteiger charge is 2.14. The second-order valence-electron chi connectivity index (χ2n) is 3.83. The van der Waals surface area contributed by atoms with Crippen molar-refractivity contribution in [3.63, 3.8) is 0 Å². The summed E-state index contributed by atoms with van der Waals surface area (Å²) in [5.41, 5.74) is 9.46. The fourth-order valence-corrected chi connectivity index (χ4v) is 1.90. The number of hydrogen-bond donors (Lipinski definition) is 1. The molecule has 72 valence electrons. The van der Waals surface area contributed by atoms with Gasteiger partial charge in [0.25, 0.3) is 0 Å². The quantitative estimate of drug-likeness (QED) is 0.715. The standard InChI is InChI=1S/C13H15N/c1-10-9-12(14)7-8-13(10)11-5-3-2-4-6-11/h2-8,10H,9,14H2,1H3. The molecular formula is C13H15N. The molecule has 1 aliphatic carbocycles. The Labute approximate surface area is 84.9 Å². The Morgan fingerprint density at radius 2 is 1.86 bits per heavy atom. The van der Waals surface area contributed by atoms with E-state index in [0.29, 0.717) is 5.92 Å². The minimum atomic E-state index is 0.530. The van der Waals surface area contributed by atoms with Gasteiger partial charge in [0.2, 0.25) is 0 Å². The van der Waals surface area contributed by atoms with Crippen molar-refractivity contribution in [1.29, 1.82) is 0 Å². The molecule has 0 heterocycles. The van der Waals surface area contributed by atoms with E-state index in [1.165, 1.54) is 11.1 Å². The Kier molecular flexibility index (Phi) is 2.40. The zero-order valence-corrected chi connectivity index (χ0v) is 8.40. The minimum Gasteiger partial charge on any atom is -0.402 e. The van der Waals surface area contributed by atoms with Crippen LogP contribution in [-0.4, -0.2) is 0 Å². The van der Waals surface area contributed by atoms with E-state index in [2.05, 4.69) is 37.3 Å². The molecule has 1 heteroatoms. The molecule has 0 aromatic heterocycles. The first-order valence-corrected chi connectivity index (χ1v) is 4.99. The van der Waals surface area contributed by atoms with Gasteiger partial charge in [-0.25, -0.2) is 0 Å². The largest absolute Gasteiger partial charge is 0.402 e. The molecule has 0 radical (unpaired) electrons.